The number of hydrogen-bond acceptors (Lipinski definition) is 2. The van der Waals surface area contributed by atoms with Crippen molar-refractivity contribution in [2.45, 2.75) is 13.0 Å². The third-order valence-electron chi connectivity index (χ3n) is 4.43. The fraction of sp³-hybridized carbons (Fsp3) is 0.0870. The molecule has 25 heavy (non-hydrogen) atoms. The standard InChI is InChI=1S/C23H18O2/c24-23(15-21-10-5-9-19-7-3-4-11-22(19)21)25-16-17-12-13-18-6-1-2-8-20(18)14-17/h1-14H,15-16H2. The number of esters is 1. The van der Waals surface area contributed by atoms with Gasteiger partial charge in [0.2, 0.25) is 0 Å². The van der Waals surface area contributed by atoms with Crippen LogP contribution in [0.15, 0.2) is 84.9 Å². The topological polar surface area (TPSA) is 26.3 Å². The summed E-state index contributed by atoms with van der Waals surface area (Å²) in [6.07, 6.45) is 0.287. The zero-order valence-electron chi connectivity index (χ0n) is 13.8. The molecule has 4 rings (SSSR count). The molecule has 0 heterocycles. The average Bonchev–Trinajstić information content (AvgIpc) is 2.66. The van der Waals surface area contributed by atoms with Crippen molar-refractivity contribution in [3.63, 3.8) is 0 Å². The summed E-state index contributed by atoms with van der Waals surface area (Å²) in [5.41, 5.74) is 2.01. The molecule has 0 saturated heterocycles. The lowest BCUT2D eigenvalue weighted by atomic mass is 10.0. The van der Waals surface area contributed by atoms with E-state index < -0.39 is 0 Å². The summed E-state index contributed by atoms with van der Waals surface area (Å²) in [7, 11) is 0. The summed E-state index contributed by atoms with van der Waals surface area (Å²) in [6.45, 7) is 0.300. The molecule has 4 aromatic rings. The highest BCUT2D eigenvalue weighted by molar-refractivity contribution is 5.89. The molecule has 0 N–H and O–H groups in total. The van der Waals surface area contributed by atoms with E-state index >= 15 is 0 Å². The van der Waals surface area contributed by atoms with Gasteiger partial charge in [0.15, 0.2) is 0 Å². The lowest BCUT2D eigenvalue weighted by Crippen LogP contribution is -2.08. The van der Waals surface area contributed by atoms with E-state index in [1.54, 1.807) is 0 Å². The molecular formula is C23H18O2. The third kappa shape index (κ3) is 3.38. The Morgan fingerprint density at radius 2 is 1.44 bits per heavy atom. The van der Waals surface area contributed by atoms with Crippen LogP contribution in [-0.2, 0) is 22.6 Å². The molecule has 0 fully saturated rings. The first-order valence-electron chi connectivity index (χ1n) is 8.39. The number of fused-ring (bicyclic) bond motifs is 2. The van der Waals surface area contributed by atoms with Gasteiger partial charge in [-0.05, 0) is 38.7 Å². The van der Waals surface area contributed by atoms with Crippen molar-refractivity contribution in [2.75, 3.05) is 0 Å². The van der Waals surface area contributed by atoms with E-state index in [4.69, 9.17) is 4.74 Å². The fourth-order valence-electron chi connectivity index (χ4n) is 3.15. The molecule has 2 nitrogen and oxygen atoms in total. The number of benzene rings is 4. The van der Waals surface area contributed by atoms with Crippen molar-refractivity contribution >= 4 is 27.5 Å². The maximum Gasteiger partial charge on any atom is 0.310 e. The summed E-state index contributed by atoms with van der Waals surface area (Å²) >= 11 is 0. The van der Waals surface area contributed by atoms with Crippen LogP contribution in [0, 0.1) is 0 Å². The van der Waals surface area contributed by atoms with Crippen LogP contribution in [-0.4, -0.2) is 5.97 Å². The lowest BCUT2D eigenvalue weighted by molar-refractivity contribution is -0.144. The molecule has 0 unspecified atom stereocenters. The second-order valence-electron chi connectivity index (χ2n) is 6.16. The molecule has 122 valence electrons. The van der Waals surface area contributed by atoms with Gasteiger partial charge in [0.05, 0.1) is 6.42 Å². The number of ether oxygens (including phenoxy) is 1. The molecule has 0 bridgehead atoms. The van der Waals surface area contributed by atoms with Gasteiger partial charge in [0, 0.05) is 0 Å². The normalized spacial score (nSPS) is 10.9. The Kier molecular flexibility index (Phi) is 4.17. The Hall–Kier alpha value is -3.13. The minimum atomic E-state index is -0.204. The van der Waals surface area contributed by atoms with Crippen molar-refractivity contribution in [1.82, 2.24) is 0 Å². The van der Waals surface area contributed by atoms with Crippen molar-refractivity contribution in [3.05, 3.63) is 96.1 Å². The van der Waals surface area contributed by atoms with E-state index in [-0.39, 0.29) is 12.4 Å². The number of rotatable bonds is 4. The van der Waals surface area contributed by atoms with Gasteiger partial charge in [-0.2, -0.15) is 0 Å². The third-order valence-corrected chi connectivity index (χ3v) is 4.43. The molecule has 0 aromatic heterocycles. The van der Waals surface area contributed by atoms with Crippen molar-refractivity contribution in [1.29, 1.82) is 0 Å². The zero-order chi connectivity index (χ0) is 17.1. The van der Waals surface area contributed by atoms with Crippen LogP contribution in [0.25, 0.3) is 21.5 Å². The van der Waals surface area contributed by atoms with Gasteiger partial charge >= 0.3 is 5.97 Å². The van der Waals surface area contributed by atoms with E-state index in [0.29, 0.717) is 6.61 Å². The molecule has 0 aliphatic heterocycles. The monoisotopic (exact) mass is 326 g/mol. The van der Waals surface area contributed by atoms with E-state index in [2.05, 4.69) is 36.4 Å². The smallest absolute Gasteiger partial charge is 0.310 e. The van der Waals surface area contributed by atoms with E-state index in [9.17, 15) is 4.79 Å². The maximum atomic E-state index is 12.3. The molecule has 0 aliphatic rings. The molecule has 4 aromatic carbocycles. The van der Waals surface area contributed by atoms with Gasteiger partial charge in [-0.1, -0.05) is 78.9 Å². The van der Waals surface area contributed by atoms with Gasteiger partial charge in [-0.25, -0.2) is 0 Å². The summed E-state index contributed by atoms with van der Waals surface area (Å²) in [4.78, 5) is 12.3. The first kappa shape index (κ1) is 15.4. The molecular weight excluding hydrogens is 308 g/mol. The van der Waals surface area contributed by atoms with Crippen molar-refractivity contribution < 1.29 is 9.53 Å². The molecule has 0 saturated carbocycles. The fourth-order valence-corrected chi connectivity index (χ4v) is 3.15. The zero-order valence-corrected chi connectivity index (χ0v) is 13.8. The first-order valence-corrected chi connectivity index (χ1v) is 8.39. The molecule has 2 heteroatoms. The molecule has 0 aliphatic carbocycles. The van der Waals surface area contributed by atoms with Crippen LogP contribution in [0.1, 0.15) is 11.1 Å². The minimum Gasteiger partial charge on any atom is -0.461 e. The van der Waals surface area contributed by atoms with E-state index in [1.807, 2.05) is 48.5 Å². The largest absolute Gasteiger partial charge is 0.461 e. The molecule has 0 radical (unpaired) electrons. The van der Waals surface area contributed by atoms with Crippen LogP contribution in [0.2, 0.25) is 0 Å². The highest BCUT2D eigenvalue weighted by atomic mass is 16.5. The van der Waals surface area contributed by atoms with Crippen molar-refractivity contribution in [3.8, 4) is 0 Å². The van der Waals surface area contributed by atoms with E-state index in [1.165, 1.54) is 5.39 Å². The van der Waals surface area contributed by atoms with Gasteiger partial charge < -0.3 is 4.74 Å². The van der Waals surface area contributed by atoms with Crippen LogP contribution in [0.4, 0.5) is 0 Å². The Morgan fingerprint density at radius 1 is 0.720 bits per heavy atom. The molecule has 0 atom stereocenters. The second kappa shape index (κ2) is 6.78. The SMILES string of the molecule is O=C(Cc1cccc2ccccc12)OCc1ccc2ccccc2c1. The summed E-state index contributed by atoms with van der Waals surface area (Å²) in [6, 6.07) is 28.4. The number of hydrogen-bond donors (Lipinski definition) is 0. The summed E-state index contributed by atoms with van der Waals surface area (Å²) in [5.74, 6) is -0.204. The van der Waals surface area contributed by atoms with Gasteiger partial charge in [-0.15, -0.1) is 0 Å². The van der Waals surface area contributed by atoms with Crippen LogP contribution >= 0.6 is 0 Å². The van der Waals surface area contributed by atoms with Gasteiger partial charge in [0.1, 0.15) is 6.61 Å². The minimum absolute atomic E-state index is 0.204. The Balaban J connectivity index is 1.46. The molecule has 0 spiro atoms. The van der Waals surface area contributed by atoms with Gasteiger partial charge in [-0.3, -0.25) is 4.79 Å². The highest BCUT2D eigenvalue weighted by Crippen LogP contribution is 2.20. The lowest BCUT2D eigenvalue weighted by Gasteiger charge is -2.08. The van der Waals surface area contributed by atoms with Crippen LogP contribution < -0.4 is 0 Å². The predicted octanol–water partition coefficient (Wildman–Crippen LogP) is 5.28. The van der Waals surface area contributed by atoms with Crippen molar-refractivity contribution in [2.24, 2.45) is 0 Å². The van der Waals surface area contributed by atoms with Crippen LogP contribution in [0.5, 0.6) is 0 Å². The predicted molar refractivity (Wildman–Crippen MR) is 101 cm³/mol. The maximum absolute atomic E-state index is 12.3. The Labute approximate surface area is 146 Å². The second-order valence-corrected chi connectivity index (χ2v) is 6.16. The Bertz CT molecular complexity index is 1040. The first-order chi connectivity index (χ1) is 12.3. The van der Waals surface area contributed by atoms with E-state index in [0.717, 1.165) is 27.3 Å². The summed E-state index contributed by atoms with van der Waals surface area (Å²) in [5, 5.41) is 4.59. The highest BCUT2D eigenvalue weighted by Gasteiger charge is 2.08. The Morgan fingerprint density at radius 3 is 2.32 bits per heavy atom. The average molecular weight is 326 g/mol. The van der Waals surface area contributed by atoms with Crippen LogP contribution in [0.3, 0.4) is 0 Å². The summed E-state index contributed by atoms with van der Waals surface area (Å²) < 4.78 is 5.49. The quantitative estimate of drug-likeness (QED) is 0.477. The molecule has 0 amide bonds. The number of carbonyl (C=O) groups is 1. The van der Waals surface area contributed by atoms with Gasteiger partial charge in [0.25, 0.3) is 0 Å². The number of carbonyl (C=O) groups excluding carboxylic acids is 1.